The molecule has 0 amide bonds. The lowest BCUT2D eigenvalue weighted by Gasteiger charge is -2.10. The standard InChI is InChI=1S/C12H17N3O/c1-9(8-16-2)13-7-12-14-10-5-3-4-6-11(10)15-12/h3-6,9,13H,7-8H2,1-2H3,(H,14,15). The van der Waals surface area contributed by atoms with Crippen LogP contribution in [0.3, 0.4) is 0 Å². The normalized spacial score (nSPS) is 13.1. The van der Waals surface area contributed by atoms with Crippen molar-refractivity contribution in [1.29, 1.82) is 0 Å². The highest BCUT2D eigenvalue weighted by Crippen LogP contribution is 2.09. The molecule has 2 rings (SSSR count). The molecule has 1 aromatic carbocycles. The summed E-state index contributed by atoms with van der Waals surface area (Å²) in [5, 5.41) is 3.34. The molecule has 1 aromatic heterocycles. The smallest absolute Gasteiger partial charge is 0.121 e. The number of hydrogen-bond acceptors (Lipinski definition) is 3. The Morgan fingerprint density at radius 3 is 3.00 bits per heavy atom. The Kier molecular flexibility index (Phi) is 3.54. The van der Waals surface area contributed by atoms with Crippen LogP contribution in [-0.2, 0) is 11.3 Å². The number of aromatic amines is 1. The minimum atomic E-state index is 0.332. The third kappa shape index (κ3) is 2.59. The molecule has 4 heteroatoms. The quantitative estimate of drug-likeness (QED) is 0.804. The fraction of sp³-hybridized carbons (Fsp3) is 0.417. The zero-order chi connectivity index (χ0) is 11.4. The number of fused-ring (bicyclic) bond motifs is 1. The van der Waals surface area contributed by atoms with Crippen molar-refractivity contribution in [2.45, 2.75) is 19.5 Å². The molecule has 0 aliphatic carbocycles. The zero-order valence-electron chi connectivity index (χ0n) is 9.66. The Bertz CT molecular complexity index is 419. The van der Waals surface area contributed by atoms with Gasteiger partial charge in [0, 0.05) is 13.2 Å². The van der Waals surface area contributed by atoms with Crippen LogP contribution in [-0.4, -0.2) is 29.7 Å². The molecule has 0 aliphatic rings. The molecule has 0 bridgehead atoms. The number of para-hydroxylation sites is 2. The molecule has 0 fully saturated rings. The Hall–Kier alpha value is -1.39. The van der Waals surface area contributed by atoms with Crippen molar-refractivity contribution >= 4 is 11.0 Å². The number of methoxy groups -OCH3 is 1. The second-order valence-corrected chi connectivity index (χ2v) is 3.94. The van der Waals surface area contributed by atoms with E-state index in [1.807, 2.05) is 24.3 Å². The summed E-state index contributed by atoms with van der Waals surface area (Å²) >= 11 is 0. The van der Waals surface area contributed by atoms with Gasteiger partial charge in [-0.3, -0.25) is 0 Å². The summed E-state index contributed by atoms with van der Waals surface area (Å²) in [5.41, 5.74) is 2.09. The largest absolute Gasteiger partial charge is 0.383 e. The highest BCUT2D eigenvalue weighted by atomic mass is 16.5. The highest BCUT2D eigenvalue weighted by molar-refractivity contribution is 5.74. The van der Waals surface area contributed by atoms with Crippen LogP contribution >= 0.6 is 0 Å². The second kappa shape index (κ2) is 5.09. The predicted molar refractivity (Wildman–Crippen MR) is 64.3 cm³/mol. The maximum atomic E-state index is 5.06. The summed E-state index contributed by atoms with van der Waals surface area (Å²) in [6.07, 6.45) is 0. The number of imidazole rings is 1. The van der Waals surface area contributed by atoms with Crippen molar-refractivity contribution < 1.29 is 4.74 Å². The Labute approximate surface area is 95.0 Å². The number of H-pyrrole nitrogens is 1. The zero-order valence-corrected chi connectivity index (χ0v) is 9.66. The number of nitrogens with zero attached hydrogens (tertiary/aromatic N) is 1. The van der Waals surface area contributed by atoms with E-state index in [1.165, 1.54) is 0 Å². The fourth-order valence-electron chi connectivity index (χ4n) is 1.67. The van der Waals surface area contributed by atoms with Gasteiger partial charge < -0.3 is 15.0 Å². The minimum absolute atomic E-state index is 0.332. The van der Waals surface area contributed by atoms with Crippen molar-refractivity contribution in [1.82, 2.24) is 15.3 Å². The monoisotopic (exact) mass is 219 g/mol. The van der Waals surface area contributed by atoms with Crippen LogP contribution in [0.4, 0.5) is 0 Å². The number of rotatable bonds is 5. The van der Waals surface area contributed by atoms with Gasteiger partial charge in [0.25, 0.3) is 0 Å². The summed E-state index contributed by atoms with van der Waals surface area (Å²) in [6.45, 7) is 3.53. The maximum Gasteiger partial charge on any atom is 0.121 e. The molecule has 0 saturated carbocycles. The van der Waals surface area contributed by atoms with Crippen molar-refractivity contribution in [3.63, 3.8) is 0 Å². The average Bonchev–Trinajstić information content (AvgIpc) is 2.69. The molecule has 16 heavy (non-hydrogen) atoms. The molecule has 0 aliphatic heterocycles. The first kappa shape index (κ1) is 11.1. The number of benzene rings is 1. The van der Waals surface area contributed by atoms with E-state index in [0.717, 1.165) is 23.4 Å². The lowest BCUT2D eigenvalue weighted by Crippen LogP contribution is -2.29. The van der Waals surface area contributed by atoms with E-state index in [9.17, 15) is 0 Å². The van der Waals surface area contributed by atoms with Gasteiger partial charge in [-0.15, -0.1) is 0 Å². The molecule has 1 unspecified atom stereocenters. The van der Waals surface area contributed by atoms with Crippen LogP contribution in [0.25, 0.3) is 11.0 Å². The van der Waals surface area contributed by atoms with E-state index in [-0.39, 0.29) is 0 Å². The molecule has 0 saturated heterocycles. The van der Waals surface area contributed by atoms with Gasteiger partial charge in [0.2, 0.25) is 0 Å². The molecular weight excluding hydrogens is 202 g/mol. The molecular formula is C12H17N3O. The third-order valence-electron chi connectivity index (χ3n) is 2.47. The van der Waals surface area contributed by atoms with Crippen LogP contribution in [0, 0.1) is 0 Å². The van der Waals surface area contributed by atoms with Crippen LogP contribution < -0.4 is 5.32 Å². The van der Waals surface area contributed by atoms with Gasteiger partial charge in [-0.2, -0.15) is 0 Å². The number of hydrogen-bond donors (Lipinski definition) is 2. The Morgan fingerprint density at radius 2 is 2.25 bits per heavy atom. The first-order valence-electron chi connectivity index (χ1n) is 5.45. The Balaban J connectivity index is 1.99. The van der Waals surface area contributed by atoms with Gasteiger partial charge in [-0.25, -0.2) is 4.98 Å². The molecule has 4 nitrogen and oxygen atoms in total. The van der Waals surface area contributed by atoms with Gasteiger partial charge in [-0.05, 0) is 19.1 Å². The predicted octanol–water partition coefficient (Wildman–Crippen LogP) is 1.69. The maximum absolute atomic E-state index is 5.06. The van der Waals surface area contributed by atoms with E-state index < -0.39 is 0 Å². The van der Waals surface area contributed by atoms with E-state index >= 15 is 0 Å². The second-order valence-electron chi connectivity index (χ2n) is 3.94. The molecule has 2 aromatic rings. The summed E-state index contributed by atoms with van der Waals surface area (Å²) in [4.78, 5) is 7.76. The van der Waals surface area contributed by atoms with Crippen LogP contribution in [0.1, 0.15) is 12.7 Å². The topological polar surface area (TPSA) is 49.9 Å². The summed E-state index contributed by atoms with van der Waals surface area (Å²) in [5.74, 6) is 0.962. The van der Waals surface area contributed by atoms with Crippen molar-refractivity contribution in [3.05, 3.63) is 30.1 Å². The summed E-state index contributed by atoms with van der Waals surface area (Å²) < 4.78 is 5.06. The van der Waals surface area contributed by atoms with Crippen LogP contribution in [0.15, 0.2) is 24.3 Å². The van der Waals surface area contributed by atoms with Gasteiger partial charge in [-0.1, -0.05) is 12.1 Å². The van der Waals surface area contributed by atoms with E-state index in [1.54, 1.807) is 7.11 Å². The first-order valence-corrected chi connectivity index (χ1v) is 5.45. The van der Waals surface area contributed by atoms with E-state index in [4.69, 9.17) is 4.74 Å². The fourth-order valence-corrected chi connectivity index (χ4v) is 1.67. The van der Waals surface area contributed by atoms with Crippen molar-refractivity contribution in [3.8, 4) is 0 Å². The number of nitrogens with one attached hydrogen (secondary N) is 2. The lowest BCUT2D eigenvalue weighted by molar-refractivity contribution is 0.171. The van der Waals surface area contributed by atoms with Crippen LogP contribution in [0.5, 0.6) is 0 Å². The van der Waals surface area contributed by atoms with Gasteiger partial charge in [0.15, 0.2) is 0 Å². The highest BCUT2D eigenvalue weighted by Gasteiger charge is 2.04. The first-order chi connectivity index (χ1) is 7.79. The Morgan fingerprint density at radius 1 is 1.44 bits per heavy atom. The SMILES string of the molecule is COCC(C)NCc1nc2ccccc2[nH]1. The average molecular weight is 219 g/mol. The molecule has 1 heterocycles. The van der Waals surface area contributed by atoms with Gasteiger partial charge in [0.05, 0.1) is 24.2 Å². The lowest BCUT2D eigenvalue weighted by atomic mass is 10.3. The summed E-state index contributed by atoms with van der Waals surface area (Å²) in [7, 11) is 1.71. The number of aromatic nitrogens is 2. The van der Waals surface area contributed by atoms with Crippen molar-refractivity contribution in [2.24, 2.45) is 0 Å². The van der Waals surface area contributed by atoms with E-state index in [0.29, 0.717) is 12.6 Å². The molecule has 0 spiro atoms. The number of ether oxygens (including phenoxy) is 1. The molecule has 86 valence electrons. The minimum Gasteiger partial charge on any atom is -0.383 e. The third-order valence-corrected chi connectivity index (χ3v) is 2.47. The van der Waals surface area contributed by atoms with Crippen molar-refractivity contribution in [2.75, 3.05) is 13.7 Å². The van der Waals surface area contributed by atoms with Gasteiger partial charge >= 0.3 is 0 Å². The van der Waals surface area contributed by atoms with E-state index in [2.05, 4.69) is 22.2 Å². The van der Waals surface area contributed by atoms with Crippen LogP contribution in [0.2, 0.25) is 0 Å². The summed E-state index contributed by atoms with van der Waals surface area (Å²) in [6, 6.07) is 8.37. The molecule has 2 N–H and O–H groups in total. The molecule has 0 radical (unpaired) electrons. The molecule has 1 atom stereocenters. The van der Waals surface area contributed by atoms with Gasteiger partial charge in [0.1, 0.15) is 5.82 Å².